The third-order valence-corrected chi connectivity index (χ3v) is 3.63. The molecule has 1 aliphatic heterocycles. The van der Waals surface area contributed by atoms with E-state index in [1.54, 1.807) is 31.2 Å². The van der Waals surface area contributed by atoms with Crippen LogP contribution in [0.1, 0.15) is 12.5 Å². The number of nitrogens with two attached hydrogens (primary N) is 2. The number of ether oxygens (including phenoxy) is 1. The zero-order valence-electron chi connectivity index (χ0n) is 11.4. The fraction of sp³-hybridized carbons (Fsp3) is 0.429. The van der Waals surface area contributed by atoms with Gasteiger partial charge in [0.25, 0.3) is 0 Å². The summed E-state index contributed by atoms with van der Waals surface area (Å²) in [6, 6.07) is 6.68. The first kappa shape index (κ1) is 14.5. The number of anilines is 1. The van der Waals surface area contributed by atoms with Crippen molar-refractivity contribution in [2.75, 3.05) is 18.5 Å². The molecule has 0 saturated carbocycles. The molecule has 1 heterocycles. The number of primary amides is 1. The zero-order valence-corrected chi connectivity index (χ0v) is 11.4. The van der Waals surface area contributed by atoms with Gasteiger partial charge in [0.05, 0.1) is 25.0 Å². The number of hydrogen-bond acceptors (Lipinski definition) is 4. The molecule has 0 aromatic heterocycles. The lowest BCUT2D eigenvalue weighted by Crippen LogP contribution is -2.47. The summed E-state index contributed by atoms with van der Waals surface area (Å²) in [6.45, 7) is 2.50. The number of hydrogen-bond donors (Lipinski definition) is 3. The first-order valence-corrected chi connectivity index (χ1v) is 6.44. The van der Waals surface area contributed by atoms with Crippen LogP contribution in [0.5, 0.6) is 0 Å². The summed E-state index contributed by atoms with van der Waals surface area (Å²) < 4.78 is 5.26. The van der Waals surface area contributed by atoms with Crippen molar-refractivity contribution in [2.45, 2.75) is 19.4 Å². The summed E-state index contributed by atoms with van der Waals surface area (Å²) in [5.74, 6) is -0.548. The lowest BCUT2D eigenvalue weighted by atomic mass is 9.85. The van der Waals surface area contributed by atoms with Crippen molar-refractivity contribution in [1.82, 2.24) is 0 Å². The Hall–Kier alpha value is -1.92. The second-order valence-electron chi connectivity index (χ2n) is 5.33. The Morgan fingerprint density at radius 1 is 1.40 bits per heavy atom. The van der Waals surface area contributed by atoms with E-state index in [1.165, 1.54) is 0 Å². The molecule has 108 valence electrons. The van der Waals surface area contributed by atoms with E-state index in [4.69, 9.17) is 16.2 Å². The van der Waals surface area contributed by atoms with Crippen molar-refractivity contribution >= 4 is 17.5 Å². The molecule has 0 spiro atoms. The van der Waals surface area contributed by atoms with Gasteiger partial charge >= 0.3 is 0 Å². The van der Waals surface area contributed by atoms with Crippen molar-refractivity contribution in [2.24, 2.45) is 16.9 Å². The molecule has 0 radical (unpaired) electrons. The Morgan fingerprint density at radius 2 is 2.05 bits per heavy atom. The van der Waals surface area contributed by atoms with E-state index in [0.717, 1.165) is 5.56 Å². The topological polar surface area (TPSA) is 107 Å². The normalized spacial score (nSPS) is 25.4. The fourth-order valence-corrected chi connectivity index (χ4v) is 2.10. The van der Waals surface area contributed by atoms with Gasteiger partial charge in [-0.3, -0.25) is 9.59 Å². The molecule has 6 heteroatoms. The molecule has 5 N–H and O–H groups in total. The first-order valence-electron chi connectivity index (χ1n) is 6.44. The van der Waals surface area contributed by atoms with Gasteiger partial charge in [-0.2, -0.15) is 0 Å². The van der Waals surface area contributed by atoms with Crippen LogP contribution in [0, 0.1) is 5.41 Å². The van der Waals surface area contributed by atoms with E-state index in [2.05, 4.69) is 5.32 Å². The van der Waals surface area contributed by atoms with Gasteiger partial charge < -0.3 is 21.5 Å². The minimum Gasteiger partial charge on any atom is -0.379 e. The number of amides is 2. The number of carbonyl (C=O) groups excluding carboxylic acids is 2. The molecule has 6 nitrogen and oxygen atoms in total. The Bertz CT molecular complexity index is 515. The van der Waals surface area contributed by atoms with Crippen LogP contribution in [-0.4, -0.2) is 31.1 Å². The second-order valence-corrected chi connectivity index (χ2v) is 5.33. The van der Waals surface area contributed by atoms with Crippen LogP contribution in [-0.2, 0) is 20.7 Å². The highest BCUT2D eigenvalue weighted by atomic mass is 16.5. The second kappa shape index (κ2) is 5.60. The summed E-state index contributed by atoms with van der Waals surface area (Å²) in [7, 11) is 0. The van der Waals surface area contributed by atoms with Crippen molar-refractivity contribution in [3.63, 3.8) is 0 Å². The van der Waals surface area contributed by atoms with E-state index in [1.807, 2.05) is 0 Å². The van der Waals surface area contributed by atoms with E-state index >= 15 is 0 Å². The smallest absolute Gasteiger partial charge is 0.234 e. The lowest BCUT2D eigenvalue weighted by molar-refractivity contribution is -0.125. The SMILES string of the molecule is CC1(C(=O)Nc2ccc(CC(N)=O)cc2)COCC1N. The maximum Gasteiger partial charge on any atom is 0.234 e. The molecular weight excluding hydrogens is 258 g/mol. The monoisotopic (exact) mass is 277 g/mol. The highest BCUT2D eigenvalue weighted by molar-refractivity contribution is 5.96. The predicted molar refractivity (Wildman–Crippen MR) is 74.9 cm³/mol. The molecule has 0 aliphatic carbocycles. The number of benzene rings is 1. The highest BCUT2D eigenvalue weighted by Crippen LogP contribution is 2.28. The molecule has 1 aromatic rings. The van der Waals surface area contributed by atoms with Crippen LogP contribution in [0.15, 0.2) is 24.3 Å². The average molecular weight is 277 g/mol. The van der Waals surface area contributed by atoms with Gasteiger partial charge in [0.2, 0.25) is 11.8 Å². The zero-order chi connectivity index (χ0) is 14.8. The predicted octanol–water partition coefficient (Wildman–Crippen LogP) is 0.0167. The van der Waals surface area contributed by atoms with Crippen LogP contribution in [0.4, 0.5) is 5.69 Å². The third-order valence-electron chi connectivity index (χ3n) is 3.63. The van der Waals surface area contributed by atoms with Gasteiger partial charge in [-0.25, -0.2) is 0 Å². The first-order chi connectivity index (χ1) is 9.41. The van der Waals surface area contributed by atoms with Crippen LogP contribution in [0.2, 0.25) is 0 Å². The molecule has 20 heavy (non-hydrogen) atoms. The fourth-order valence-electron chi connectivity index (χ4n) is 2.10. The lowest BCUT2D eigenvalue weighted by Gasteiger charge is -2.25. The maximum absolute atomic E-state index is 12.3. The molecule has 1 saturated heterocycles. The average Bonchev–Trinajstić information content (AvgIpc) is 2.73. The van der Waals surface area contributed by atoms with E-state index in [-0.39, 0.29) is 24.3 Å². The van der Waals surface area contributed by atoms with E-state index in [9.17, 15) is 9.59 Å². The Morgan fingerprint density at radius 3 is 2.55 bits per heavy atom. The largest absolute Gasteiger partial charge is 0.379 e. The molecule has 2 amide bonds. The van der Waals surface area contributed by atoms with Gasteiger partial charge in [-0.1, -0.05) is 12.1 Å². The van der Waals surface area contributed by atoms with Crippen molar-refractivity contribution < 1.29 is 14.3 Å². The van der Waals surface area contributed by atoms with E-state index < -0.39 is 5.41 Å². The highest BCUT2D eigenvalue weighted by Gasteiger charge is 2.44. The molecule has 1 aromatic carbocycles. The standard InChI is InChI=1S/C14H19N3O3/c1-14(8-20-7-11(14)15)13(19)17-10-4-2-9(3-5-10)6-12(16)18/h2-5,11H,6-8,15H2,1H3,(H2,16,18)(H,17,19). The molecule has 2 unspecified atom stereocenters. The summed E-state index contributed by atoms with van der Waals surface area (Å²) in [5, 5.41) is 2.82. The van der Waals surface area contributed by atoms with Gasteiger partial charge in [-0.05, 0) is 24.6 Å². The summed E-state index contributed by atoms with van der Waals surface area (Å²) >= 11 is 0. The molecule has 1 fully saturated rings. The molecule has 1 aliphatic rings. The van der Waals surface area contributed by atoms with Crippen LogP contribution in [0.25, 0.3) is 0 Å². The van der Waals surface area contributed by atoms with Gasteiger partial charge in [0.1, 0.15) is 0 Å². The van der Waals surface area contributed by atoms with Crippen molar-refractivity contribution in [3.05, 3.63) is 29.8 Å². The number of rotatable bonds is 4. The molecule has 2 rings (SSSR count). The van der Waals surface area contributed by atoms with Crippen molar-refractivity contribution in [1.29, 1.82) is 0 Å². The van der Waals surface area contributed by atoms with Gasteiger partial charge in [0.15, 0.2) is 0 Å². The third kappa shape index (κ3) is 2.97. The van der Waals surface area contributed by atoms with Gasteiger partial charge in [0, 0.05) is 11.7 Å². The Labute approximate surface area is 117 Å². The van der Waals surface area contributed by atoms with Crippen LogP contribution >= 0.6 is 0 Å². The minimum atomic E-state index is -0.716. The minimum absolute atomic E-state index is 0.162. The van der Waals surface area contributed by atoms with Crippen LogP contribution < -0.4 is 16.8 Å². The van der Waals surface area contributed by atoms with E-state index in [0.29, 0.717) is 18.9 Å². The maximum atomic E-state index is 12.3. The van der Waals surface area contributed by atoms with Crippen LogP contribution in [0.3, 0.4) is 0 Å². The number of nitrogens with one attached hydrogen (secondary N) is 1. The Kier molecular flexibility index (Phi) is 4.06. The van der Waals surface area contributed by atoms with Crippen molar-refractivity contribution in [3.8, 4) is 0 Å². The molecule has 2 atom stereocenters. The summed E-state index contributed by atoms with van der Waals surface area (Å²) in [4.78, 5) is 23.1. The molecular formula is C14H19N3O3. The van der Waals surface area contributed by atoms with Gasteiger partial charge in [-0.15, -0.1) is 0 Å². The summed E-state index contributed by atoms with van der Waals surface area (Å²) in [5.41, 5.74) is 11.8. The quantitative estimate of drug-likeness (QED) is 0.720. The number of carbonyl (C=O) groups is 2. The summed E-state index contributed by atoms with van der Waals surface area (Å²) in [6.07, 6.45) is 0.185. The Balaban J connectivity index is 2.03. The molecule has 0 bridgehead atoms.